The fourth-order valence-electron chi connectivity index (χ4n) is 4.75. The van der Waals surface area contributed by atoms with E-state index < -0.39 is 11.8 Å². The molecular formula is C36H30IrN2OS-2. The van der Waals surface area contributed by atoms with Crippen LogP contribution in [0.2, 0.25) is 0 Å². The standard InChI is InChI=1S/C25H22NOS.C11H8N.Ir/c1-15-10-17-12-20-18-6-5-7-19(24(18)27-22(20)13-23(17)28-15)21-11-16(8-9-26-21)14-25(2,3)4;1-2-6-10(7-3-1)11-8-4-5-9-12-11;/h5-6,8-13H,14H2,1-4H3;1-6,8-9H;/q2*-1;/i14D2;;. The van der Waals surface area contributed by atoms with E-state index in [0.29, 0.717) is 11.3 Å². The normalized spacial score (nSPS) is 12.4. The molecular weight excluding hydrogens is 701 g/mol. The fraction of sp³-hybridized carbons (Fsp3) is 0.167. The van der Waals surface area contributed by atoms with Crippen molar-refractivity contribution < 1.29 is 27.3 Å². The number of fused-ring (bicyclic) bond motifs is 4. The van der Waals surface area contributed by atoms with E-state index in [1.165, 1.54) is 15.0 Å². The molecule has 0 bridgehead atoms. The molecule has 7 rings (SSSR count). The maximum Gasteiger partial charge on any atom is 0.122 e. The van der Waals surface area contributed by atoms with Gasteiger partial charge in [0.2, 0.25) is 0 Å². The van der Waals surface area contributed by atoms with Gasteiger partial charge in [0.05, 0.1) is 5.58 Å². The Morgan fingerprint density at radius 3 is 2.44 bits per heavy atom. The molecule has 0 aliphatic heterocycles. The summed E-state index contributed by atoms with van der Waals surface area (Å²) in [5.74, 6) is 0. The average Bonchev–Trinajstić information content (AvgIpc) is 3.54. The molecule has 0 N–H and O–H groups in total. The minimum Gasteiger partial charge on any atom is -0.501 e. The third-order valence-electron chi connectivity index (χ3n) is 6.38. The predicted octanol–water partition coefficient (Wildman–Crippen LogP) is 10.1. The largest absolute Gasteiger partial charge is 0.501 e. The number of hydrogen-bond acceptors (Lipinski definition) is 4. The first-order valence-electron chi connectivity index (χ1n) is 14.2. The Bertz CT molecular complexity index is 1970. The summed E-state index contributed by atoms with van der Waals surface area (Å²) in [4.78, 5) is 10.0. The summed E-state index contributed by atoms with van der Waals surface area (Å²) in [6.45, 7) is 7.85. The van der Waals surface area contributed by atoms with E-state index in [9.17, 15) is 0 Å². The number of benzene rings is 3. The number of aryl methyl sites for hydroxylation is 1. The van der Waals surface area contributed by atoms with Gasteiger partial charge < -0.3 is 14.4 Å². The molecule has 7 aromatic rings. The van der Waals surface area contributed by atoms with Gasteiger partial charge in [0.1, 0.15) is 5.58 Å². The first kappa shape index (κ1) is 26.3. The van der Waals surface area contributed by atoms with Crippen LogP contribution in [0.25, 0.3) is 54.5 Å². The maximum absolute atomic E-state index is 8.62. The van der Waals surface area contributed by atoms with E-state index in [1.807, 2.05) is 81.4 Å². The van der Waals surface area contributed by atoms with Gasteiger partial charge in [0.15, 0.2) is 0 Å². The van der Waals surface area contributed by atoms with Crippen molar-refractivity contribution in [2.75, 3.05) is 0 Å². The molecule has 0 fully saturated rings. The van der Waals surface area contributed by atoms with Gasteiger partial charge in [-0.3, -0.25) is 0 Å². The smallest absolute Gasteiger partial charge is 0.122 e. The van der Waals surface area contributed by atoms with Crippen LogP contribution in [0, 0.1) is 24.5 Å². The van der Waals surface area contributed by atoms with Crippen LogP contribution >= 0.6 is 11.3 Å². The number of pyridine rings is 2. The first-order valence-corrected chi connectivity index (χ1v) is 14.1. The second-order valence-corrected chi connectivity index (χ2v) is 12.0. The summed E-state index contributed by atoms with van der Waals surface area (Å²) in [6, 6.07) is 34.1. The zero-order valence-electron chi connectivity index (χ0n) is 25.3. The van der Waals surface area contributed by atoms with Gasteiger partial charge in [-0.15, -0.1) is 65.4 Å². The Hall–Kier alpha value is -3.63. The van der Waals surface area contributed by atoms with Crippen LogP contribution in [0.1, 0.15) is 34.0 Å². The van der Waals surface area contributed by atoms with E-state index >= 15 is 0 Å². The third kappa shape index (κ3) is 6.49. The van der Waals surface area contributed by atoms with Gasteiger partial charge in [0.25, 0.3) is 0 Å². The van der Waals surface area contributed by atoms with Gasteiger partial charge in [-0.05, 0) is 65.8 Å². The first-order chi connectivity index (χ1) is 20.1. The number of hydrogen-bond donors (Lipinski definition) is 0. The molecule has 0 aliphatic rings. The predicted molar refractivity (Wildman–Crippen MR) is 168 cm³/mol. The van der Waals surface area contributed by atoms with Gasteiger partial charge >= 0.3 is 0 Å². The summed E-state index contributed by atoms with van der Waals surface area (Å²) in [6.07, 6.45) is 1.97. The number of aromatic nitrogens is 2. The molecule has 207 valence electrons. The van der Waals surface area contributed by atoms with Gasteiger partial charge in [0, 0.05) is 50.2 Å². The average molecular weight is 733 g/mol. The minimum absolute atomic E-state index is 0. The van der Waals surface area contributed by atoms with E-state index in [-0.39, 0.29) is 20.1 Å². The molecule has 0 aliphatic carbocycles. The molecule has 1 radical (unpaired) electrons. The van der Waals surface area contributed by atoms with E-state index in [4.69, 9.17) is 7.16 Å². The molecule has 41 heavy (non-hydrogen) atoms. The van der Waals surface area contributed by atoms with Crippen molar-refractivity contribution in [1.82, 2.24) is 9.97 Å². The van der Waals surface area contributed by atoms with E-state index in [0.717, 1.165) is 38.8 Å². The van der Waals surface area contributed by atoms with Crippen molar-refractivity contribution in [3.05, 3.63) is 120 Å². The van der Waals surface area contributed by atoms with Crippen LogP contribution in [0.4, 0.5) is 0 Å². The molecule has 0 atom stereocenters. The molecule has 3 nitrogen and oxygen atoms in total. The summed E-state index contributed by atoms with van der Waals surface area (Å²) in [5.41, 5.74) is 5.10. The molecule has 0 spiro atoms. The Morgan fingerprint density at radius 1 is 0.854 bits per heavy atom. The SMILES string of the molecule is [2H]C([2H])(c1ccnc(-c2[c-]ccc3c2oc2cc4sc(C)cc4cc23)c1)C(C)(C)C.[Ir].[c-]1ccccc1-c1ccccn1. The number of rotatable bonds is 3. The minimum atomic E-state index is -1.49. The Morgan fingerprint density at radius 2 is 1.68 bits per heavy atom. The fourth-order valence-corrected chi connectivity index (χ4v) is 5.69. The van der Waals surface area contributed by atoms with Crippen molar-refractivity contribution in [3.63, 3.8) is 0 Å². The quantitative estimate of drug-likeness (QED) is 0.170. The summed E-state index contributed by atoms with van der Waals surface area (Å²) in [5, 5.41) is 3.32. The summed E-state index contributed by atoms with van der Waals surface area (Å²) in [7, 11) is 0. The number of thiophene rings is 1. The van der Waals surface area contributed by atoms with Crippen molar-refractivity contribution in [2.45, 2.75) is 34.1 Å². The molecule has 5 heteroatoms. The van der Waals surface area contributed by atoms with Crippen LogP contribution < -0.4 is 0 Å². The Balaban J connectivity index is 0.000000238. The van der Waals surface area contributed by atoms with Crippen molar-refractivity contribution in [3.8, 4) is 22.5 Å². The second-order valence-electron chi connectivity index (χ2n) is 10.7. The van der Waals surface area contributed by atoms with Crippen molar-refractivity contribution in [2.24, 2.45) is 5.41 Å². The van der Waals surface area contributed by atoms with Crippen LogP contribution in [0.5, 0.6) is 0 Å². The molecule has 4 heterocycles. The third-order valence-corrected chi connectivity index (χ3v) is 7.39. The molecule has 0 unspecified atom stereocenters. The molecule has 3 aromatic carbocycles. The molecule has 0 amide bonds. The maximum atomic E-state index is 8.62. The second kappa shape index (κ2) is 12.1. The van der Waals surface area contributed by atoms with Crippen molar-refractivity contribution >= 4 is 43.4 Å². The number of furan rings is 1. The zero-order valence-corrected chi connectivity index (χ0v) is 26.5. The van der Waals surface area contributed by atoms with E-state index in [1.54, 1.807) is 29.8 Å². The zero-order chi connectivity index (χ0) is 29.5. The van der Waals surface area contributed by atoms with Gasteiger partial charge in [-0.2, -0.15) is 0 Å². The number of nitrogens with zero attached hydrogens (tertiary/aromatic N) is 2. The molecule has 0 saturated heterocycles. The summed E-state index contributed by atoms with van der Waals surface area (Å²) < 4.78 is 24.7. The van der Waals surface area contributed by atoms with Crippen LogP contribution in [-0.4, -0.2) is 9.97 Å². The van der Waals surface area contributed by atoms with Gasteiger partial charge in [-0.25, -0.2) is 0 Å². The van der Waals surface area contributed by atoms with Crippen molar-refractivity contribution in [1.29, 1.82) is 0 Å². The van der Waals surface area contributed by atoms with Gasteiger partial charge in [-0.1, -0.05) is 55.5 Å². The molecule has 4 aromatic heterocycles. The summed E-state index contributed by atoms with van der Waals surface area (Å²) >= 11 is 1.76. The monoisotopic (exact) mass is 733 g/mol. The Labute approximate surface area is 261 Å². The van der Waals surface area contributed by atoms with E-state index in [2.05, 4.69) is 47.2 Å². The van der Waals surface area contributed by atoms with Crippen LogP contribution in [0.15, 0.2) is 102 Å². The van der Waals surface area contributed by atoms with Crippen LogP contribution in [-0.2, 0) is 26.5 Å². The Kier molecular flexibility index (Phi) is 7.74. The molecule has 0 saturated carbocycles. The van der Waals surface area contributed by atoms with Crippen LogP contribution in [0.3, 0.4) is 0 Å². The topological polar surface area (TPSA) is 38.9 Å².